The summed E-state index contributed by atoms with van der Waals surface area (Å²) in [5.74, 6) is -0.247. The van der Waals surface area contributed by atoms with E-state index in [9.17, 15) is 8.42 Å². The average molecular weight is 283 g/mol. The van der Waals surface area contributed by atoms with Gasteiger partial charge in [0.1, 0.15) is 10.6 Å². The zero-order valence-corrected chi connectivity index (χ0v) is 10.9. The number of nitrogen functional groups attached to an aromatic ring is 1. The molecule has 0 fully saturated rings. The van der Waals surface area contributed by atoms with Gasteiger partial charge < -0.3 is 5.73 Å². The van der Waals surface area contributed by atoms with Crippen molar-refractivity contribution in [3.8, 4) is 10.6 Å². The molecule has 1 aliphatic rings. The molecule has 9 heteroatoms. The average Bonchev–Trinajstić information content (AvgIpc) is 2.92. The van der Waals surface area contributed by atoms with Crippen LogP contribution in [-0.4, -0.2) is 31.2 Å². The van der Waals surface area contributed by atoms with Crippen molar-refractivity contribution >= 4 is 33.0 Å². The van der Waals surface area contributed by atoms with Crippen LogP contribution in [0.3, 0.4) is 0 Å². The molecule has 18 heavy (non-hydrogen) atoms. The standard InChI is InChI=1S/C9H9N5O2S2/c1-13-5-4-12-14(9(10)11)7(5)8-6(2-3-17-8)18(13,15)16/h2-4H,1H3,(H3,10,11). The van der Waals surface area contributed by atoms with Gasteiger partial charge in [-0.3, -0.25) is 9.71 Å². The highest BCUT2D eigenvalue weighted by Gasteiger charge is 2.36. The van der Waals surface area contributed by atoms with E-state index in [1.165, 1.54) is 29.3 Å². The summed E-state index contributed by atoms with van der Waals surface area (Å²) in [6, 6.07) is 1.55. The lowest BCUT2D eigenvalue weighted by molar-refractivity contribution is 0.594. The van der Waals surface area contributed by atoms with Crippen LogP contribution < -0.4 is 10.0 Å². The second-order valence-electron chi connectivity index (χ2n) is 3.76. The molecule has 0 aliphatic carbocycles. The van der Waals surface area contributed by atoms with Crippen LogP contribution >= 0.6 is 11.3 Å². The molecule has 3 N–H and O–H groups in total. The van der Waals surface area contributed by atoms with E-state index in [0.29, 0.717) is 16.3 Å². The van der Waals surface area contributed by atoms with Gasteiger partial charge in [0.25, 0.3) is 10.0 Å². The predicted molar refractivity (Wildman–Crippen MR) is 68.4 cm³/mol. The third-order valence-corrected chi connectivity index (χ3v) is 5.66. The maximum atomic E-state index is 12.2. The van der Waals surface area contributed by atoms with Crippen molar-refractivity contribution in [2.45, 2.75) is 4.90 Å². The van der Waals surface area contributed by atoms with Crippen LogP contribution in [0.1, 0.15) is 0 Å². The molecular weight excluding hydrogens is 274 g/mol. The zero-order chi connectivity index (χ0) is 13.1. The quantitative estimate of drug-likeness (QED) is 0.542. The summed E-state index contributed by atoms with van der Waals surface area (Å²) in [5, 5.41) is 13.1. The summed E-state index contributed by atoms with van der Waals surface area (Å²) < 4.78 is 26.8. The van der Waals surface area contributed by atoms with E-state index in [1.807, 2.05) is 0 Å². The number of sulfonamides is 1. The second-order valence-corrected chi connectivity index (χ2v) is 6.62. The normalized spacial score (nSPS) is 16.2. The Labute approximate surface area is 107 Å². The minimum atomic E-state index is -3.52. The van der Waals surface area contributed by atoms with Crippen LogP contribution in [-0.2, 0) is 10.0 Å². The monoisotopic (exact) mass is 283 g/mol. The summed E-state index contributed by atoms with van der Waals surface area (Å²) in [7, 11) is -2.06. The summed E-state index contributed by atoms with van der Waals surface area (Å²) in [4.78, 5) is 0.793. The van der Waals surface area contributed by atoms with Gasteiger partial charge in [0.15, 0.2) is 0 Å². The SMILES string of the molecule is CN1c2cnn(C(=N)N)c2-c2sccc2S1(=O)=O. The van der Waals surface area contributed by atoms with E-state index >= 15 is 0 Å². The molecule has 0 unspecified atom stereocenters. The number of nitrogens with one attached hydrogen (secondary N) is 1. The molecule has 3 rings (SSSR count). The van der Waals surface area contributed by atoms with Crippen molar-refractivity contribution in [1.82, 2.24) is 9.78 Å². The summed E-state index contributed by atoms with van der Waals surface area (Å²) in [6.45, 7) is 0. The lowest BCUT2D eigenvalue weighted by Gasteiger charge is -2.24. The van der Waals surface area contributed by atoms with E-state index in [4.69, 9.17) is 11.1 Å². The highest BCUT2D eigenvalue weighted by atomic mass is 32.2. The molecule has 0 bridgehead atoms. The number of thiophene rings is 1. The lowest BCUT2D eigenvalue weighted by atomic mass is 10.3. The molecule has 3 heterocycles. The van der Waals surface area contributed by atoms with Gasteiger partial charge in [-0.25, -0.2) is 8.42 Å². The van der Waals surface area contributed by atoms with Gasteiger partial charge in [-0.15, -0.1) is 11.3 Å². The van der Waals surface area contributed by atoms with Crippen LogP contribution in [0.15, 0.2) is 22.5 Å². The Morgan fingerprint density at radius 1 is 1.56 bits per heavy atom. The Balaban J connectivity index is 2.43. The van der Waals surface area contributed by atoms with Gasteiger partial charge in [-0.05, 0) is 11.4 Å². The summed E-state index contributed by atoms with van der Waals surface area (Å²) >= 11 is 1.29. The van der Waals surface area contributed by atoms with Gasteiger partial charge >= 0.3 is 0 Å². The summed E-state index contributed by atoms with van der Waals surface area (Å²) in [6.07, 6.45) is 1.40. The molecule has 94 valence electrons. The molecule has 0 radical (unpaired) electrons. The first-order valence-electron chi connectivity index (χ1n) is 4.94. The number of anilines is 1. The minimum Gasteiger partial charge on any atom is -0.368 e. The molecule has 2 aromatic heterocycles. The Hall–Kier alpha value is -1.87. The second kappa shape index (κ2) is 3.33. The molecule has 2 aromatic rings. The third kappa shape index (κ3) is 1.20. The van der Waals surface area contributed by atoms with Gasteiger partial charge in [0.05, 0.1) is 16.8 Å². The van der Waals surface area contributed by atoms with E-state index < -0.39 is 10.0 Å². The number of hydrogen-bond donors (Lipinski definition) is 2. The van der Waals surface area contributed by atoms with Crippen molar-refractivity contribution in [3.63, 3.8) is 0 Å². The molecule has 1 aliphatic heterocycles. The Bertz CT molecular complexity index is 758. The molecule has 0 spiro atoms. The first-order chi connectivity index (χ1) is 8.44. The Morgan fingerprint density at radius 3 is 2.94 bits per heavy atom. The van der Waals surface area contributed by atoms with Crippen LogP contribution in [0.4, 0.5) is 5.69 Å². The van der Waals surface area contributed by atoms with Crippen LogP contribution in [0, 0.1) is 5.41 Å². The predicted octanol–water partition coefficient (Wildman–Crippen LogP) is 0.492. The Kier molecular flexibility index (Phi) is 2.08. The molecule has 7 nitrogen and oxygen atoms in total. The van der Waals surface area contributed by atoms with Crippen LogP contribution in [0.25, 0.3) is 10.6 Å². The van der Waals surface area contributed by atoms with Crippen molar-refractivity contribution in [3.05, 3.63) is 17.6 Å². The number of nitrogens with two attached hydrogens (primary N) is 1. The number of fused-ring (bicyclic) bond motifs is 3. The van der Waals surface area contributed by atoms with Crippen molar-refractivity contribution in [2.75, 3.05) is 11.4 Å². The van der Waals surface area contributed by atoms with Gasteiger partial charge in [-0.2, -0.15) is 9.78 Å². The van der Waals surface area contributed by atoms with E-state index in [-0.39, 0.29) is 10.9 Å². The smallest absolute Gasteiger partial charge is 0.265 e. The third-order valence-electron chi connectivity index (χ3n) is 2.80. The fourth-order valence-corrected chi connectivity index (χ4v) is 4.55. The van der Waals surface area contributed by atoms with Crippen LogP contribution in [0.2, 0.25) is 0 Å². The maximum Gasteiger partial charge on any atom is 0.265 e. The van der Waals surface area contributed by atoms with E-state index in [2.05, 4.69) is 5.10 Å². The number of rotatable bonds is 0. The van der Waals surface area contributed by atoms with Crippen LogP contribution in [0.5, 0.6) is 0 Å². The molecule has 0 atom stereocenters. The molecule has 0 amide bonds. The first kappa shape index (κ1) is 11.2. The highest BCUT2D eigenvalue weighted by Crippen LogP contribution is 2.44. The molecule has 0 saturated heterocycles. The van der Waals surface area contributed by atoms with Crippen molar-refractivity contribution < 1.29 is 8.42 Å². The number of hydrogen-bond acceptors (Lipinski definition) is 5. The first-order valence-corrected chi connectivity index (χ1v) is 7.26. The largest absolute Gasteiger partial charge is 0.368 e. The van der Waals surface area contributed by atoms with Crippen molar-refractivity contribution in [2.24, 2.45) is 5.73 Å². The molecule has 0 aromatic carbocycles. The van der Waals surface area contributed by atoms with Gasteiger partial charge in [-0.1, -0.05) is 0 Å². The maximum absolute atomic E-state index is 12.2. The fraction of sp³-hybridized carbons (Fsp3) is 0.111. The number of nitrogens with zero attached hydrogens (tertiary/aromatic N) is 3. The zero-order valence-electron chi connectivity index (χ0n) is 9.28. The summed E-state index contributed by atoms with van der Waals surface area (Å²) in [5.41, 5.74) is 6.42. The highest BCUT2D eigenvalue weighted by molar-refractivity contribution is 7.93. The molecule has 0 saturated carbocycles. The lowest BCUT2D eigenvalue weighted by Crippen LogP contribution is -2.31. The topological polar surface area (TPSA) is 105 Å². The Morgan fingerprint density at radius 2 is 2.28 bits per heavy atom. The van der Waals surface area contributed by atoms with Crippen molar-refractivity contribution in [1.29, 1.82) is 5.41 Å². The molecular formula is C9H9N5O2S2. The van der Waals surface area contributed by atoms with Gasteiger partial charge in [0.2, 0.25) is 5.96 Å². The fourth-order valence-electron chi connectivity index (χ4n) is 1.92. The van der Waals surface area contributed by atoms with Gasteiger partial charge in [0, 0.05) is 7.05 Å². The van der Waals surface area contributed by atoms with E-state index in [1.54, 1.807) is 11.4 Å². The van der Waals surface area contributed by atoms with E-state index in [0.717, 1.165) is 4.31 Å². The number of aromatic nitrogens is 2. The minimum absolute atomic E-state index is 0.227.